The Morgan fingerprint density at radius 2 is 2.10 bits per heavy atom. The highest BCUT2D eigenvalue weighted by Crippen LogP contribution is 2.60. The Morgan fingerprint density at radius 1 is 1.10 bits per heavy atom. The summed E-state index contributed by atoms with van der Waals surface area (Å²) in [4.78, 5) is 0. The molecule has 2 saturated carbocycles. The minimum Gasteiger partial charge on any atom is -0.0882 e. The Kier molecular flexibility index (Phi) is 0.898. The molecule has 0 spiro atoms. The smallest absolute Gasteiger partial charge is 0.0174 e. The van der Waals surface area contributed by atoms with E-state index in [1.807, 2.05) is 0 Å². The lowest BCUT2D eigenvalue weighted by Crippen LogP contribution is -2.12. The van der Waals surface area contributed by atoms with E-state index in [0.29, 0.717) is 0 Å². The molecule has 4 atom stereocenters. The van der Waals surface area contributed by atoms with Crippen LogP contribution in [0.3, 0.4) is 0 Å². The van der Waals surface area contributed by atoms with Gasteiger partial charge in [-0.15, -0.1) is 0 Å². The number of hydrogen-bond donors (Lipinski definition) is 0. The van der Waals surface area contributed by atoms with E-state index < -0.39 is 0 Å². The normalized spacial score (nSPS) is 56.0. The highest BCUT2D eigenvalue weighted by molar-refractivity contribution is 5.11. The zero-order valence-corrected chi connectivity index (χ0v) is 6.29. The average Bonchev–Trinajstić information content (AvgIpc) is 2.64. The van der Waals surface area contributed by atoms with Crippen LogP contribution in [0.25, 0.3) is 0 Å². The van der Waals surface area contributed by atoms with E-state index in [4.69, 9.17) is 0 Å². The molecule has 0 bridgehead atoms. The first kappa shape index (κ1) is 5.40. The molecule has 2 fully saturated rings. The second-order valence-corrected chi connectivity index (χ2v) is 4.24. The van der Waals surface area contributed by atoms with Crippen LogP contribution < -0.4 is 0 Å². The summed E-state index contributed by atoms with van der Waals surface area (Å²) in [5.41, 5.74) is 0. The average molecular weight is 134 g/mol. The Labute approximate surface area is 62.3 Å². The minimum absolute atomic E-state index is 1.03. The summed E-state index contributed by atoms with van der Waals surface area (Å²) in [7, 11) is 0. The molecule has 54 valence electrons. The van der Waals surface area contributed by atoms with E-state index in [9.17, 15) is 0 Å². The third-order valence-corrected chi connectivity index (χ3v) is 3.68. The highest BCUT2D eigenvalue weighted by atomic mass is 14.6. The first-order chi connectivity index (χ1) is 4.95. The molecule has 0 nitrogen and oxygen atoms in total. The van der Waals surface area contributed by atoms with Crippen molar-refractivity contribution in [2.45, 2.75) is 25.7 Å². The van der Waals surface area contributed by atoms with Gasteiger partial charge in [0.2, 0.25) is 0 Å². The number of rotatable bonds is 0. The van der Waals surface area contributed by atoms with Crippen LogP contribution in [0, 0.1) is 23.7 Å². The molecule has 3 aliphatic carbocycles. The standard InChI is InChI=1S/C10H14/c1-2-4-9-7(3-1)5-8-6-10(8)9/h2,4,7-10H,1,3,5-6H2. The summed E-state index contributed by atoms with van der Waals surface area (Å²) < 4.78 is 0. The van der Waals surface area contributed by atoms with Gasteiger partial charge in [-0.05, 0) is 49.4 Å². The van der Waals surface area contributed by atoms with Crippen molar-refractivity contribution in [1.29, 1.82) is 0 Å². The van der Waals surface area contributed by atoms with E-state index in [-0.39, 0.29) is 0 Å². The van der Waals surface area contributed by atoms with E-state index >= 15 is 0 Å². The van der Waals surface area contributed by atoms with Crippen LogP contribution >= 0.6 is 0 Å². The van der Waals surface area contributed by atoms with Crippen LogP contribution in [0.5, 0.6) is 0 Å². The van der Waals surface area contributed by atoms with Crippen molar-refractivity contribution in [3.8, 4) is 0 Å². The lowest BCUT2D eigenvalue weighted by Gasteiger charge is -2.22. The largest absolute Gasteiger partial charge is 0.0882 e. The van der Waals surface area contributed by atoms with E-state index in [1.54, 1.807) is 12.8 Å². The Morgan fingerprint density at radius 3 is 3.00 bits per heavy atom. The molecule has 0 aromatic carbocycles. The topological polar surface area (TPSA) is 0 Å². The molecule has 0 aromatic rings. The van der Waals surface area contributed by atoms with Gasteiger partial charge in [0.1, 0.15) is 0 Å². The molecule has 0 heterocycles. The second-order valence-electron chi connectivity index (χ2n) is 4.24. The van der Waals surface area contributed by atoms with Gasteiger partial charge in [-0.25, -0.2) is 0 Å². The van der Waals surface area contributed by atoms with Gasteiger partial charge >= 0.3 is 0 Å². The van der Waals surface area contributed by atoms with Crippen molar-refractivity contribution in [3.05, 3.63) is 12.2 Å². The summed E-state index contributed by atoms with van der Waals surface area (Å²) in [5, 5.41) is 0. The lowest BCUT2D eigenvalue weighted by molar-refractivity contribution is 0.362. The predicted molar refractivity (Wildman–Crippen MR) is 41.6 cm³/mol. The summed E-state index contributed by atoms with van der Waals surface area (Å²) in [6.07, 6.45) is 10.9. The van der Waals surface area contributed by atoms with Crippen molar-refractivity contribution < 1.29 is 0 Å². The Bertz CT molecular complexity index is 180. The monoisotopic (exact) mass is 134 g/mol. The lowest BCUT2D eigenvalue weighted by atomic mass is 9.83. The SMILES string of the molecule is C1=CC2C(CC1)CC1CC12. The first-order valence-corrected chi connectivity index (χ1v) is 4.62. The first-order valence-electron chi connectivity index (χ1n) is 4.62. The second kappa shape index (κ2) is 1.66. The van der Waals surface area contributed by atoms with Crippen molar-refractivity contribution >= 4 is 0 Å². The van der Waals surface area contributed by atoms with Gasteiger partial charge in [-0.2, -0.15) is 0 Å². The molecule has 4 unspecified atom stereocenters. The molecule has 0 saturated heterocycles. The zero-order chi connectivity index (χ0) is 6.55. The Balaban J connectivity index is 1.90. The minimum atomic E-state index is 1.03. The van der Waals surface area contributed by atoms with Crippen molar-refractivity contribution in [2.75, 3.05) is 0 Å². The summed E-state index contributed by atoms with van der Waals surface area (Å²) >= 11 is 0. The summed E-state index contributed by atoms with van der Waals surface area (Å²) in [6, 6.07) is 0. The van der Waals surface area contributed by atoms with Gasteiger partial charge < -0.3 is 0 Å². The Hall–Kier alpha value is -0.260. The molecule has 0 radical (unpaired) electrons. The molecule has 3 aliphatic rings. The van der Waals surface area contributed by atoms with Gasteiger partial charge in [0.15, 0.2) is 0 Å². The van der Waals surface area contributed by atoms with Gasteiger partial charge in [-0.3, -0.25) is 0 Å². The maximum Gasteiger partial charge on any atom is -0.0174 e. The number of fused-ring (bicyclic) bond motifs is 3. The van der Waals surface area contributed by atoms with E-state index in [0.717, 1.165) is 23.7 Å². The fourth-order valence-corrected chi connectivity index (χ4v) is 3.08. The fourth-order valence-electron chi connectivity index (χ4n) is 3.08. The van der Waals surface area contributed by atoms with E-state index in [2.05, 4.69) is 12.2 Å². The maximum absolute atomic E-state index is 2.51. The molecule has 0 amide bonds. The highest BCUT2D eigenvalue weighted by Gasteiger charge is 2.52. The van der Waals surface area contributed by atoms with Crippen molar-refractivity contribution in [1.82, 2.24) is 0 Å². The van der Waals surface area contributed by atoms with Crippen LogP contribution in [0.2, 0.25) is 0 Å². The van der Waals surface area contributed by atoms with Crippen LogP contribution in [0.15, 0.2) is 12.2 Å². The summed E-state index contributed by atoms with van der Waals surface area (Å²) in [6.45, 7) is 0. The van der Waals surface area contributed by atoms with Gasteiger partial charge in [-0.1, -0.05) is 12.2 Å². The zero-order valence-electron chi connectivity index (χ0n) is 6.29. The molecular weight excluding hydrogens is 120 g/mol. The molecule has 0 aliphatic heterocycles. The third kappa shape index (κ3) is 0.574. The van der Waals surface area contributed by atoms with E-state index in [1.165, 1.54) is 12.8 Å². The molecule has 3 rings (SSSR count). The van der Waals surface area contributed by atoms with Crippen LogP contribution in [0.4, 0.5) is 0 Å². The van der Waals surface area contributed by atoms with Crippen molar-refractivity contribution in [3.63, 3.8) is 0 Å². The van der Waals surface area contributed by atoms with Gasteiger partial charge in [0.25, 0.3) is 0 Å². The molecule has 0 N–H and O–H groups in total. The fraction of sp³-hybridized carbons (Fsp3) is 0.800. The molecular formula is C10H14. The molecule has 0 heteroatoms. The van der Waals surface area contributed by atoms with Crippen LogP contribution in [-0.4, -0.2) is 0 Å². The summed E-state index contributed by atoms with van der Waals surface area (Å²) in [5.74, 6) is 4.44. The van der Waals surface area contributed by atoms with Crippen LogP contribution in [-0.2, 0) is 0 Å². The maximum atomic E-state index is 2.51. The number of hydrogen-bond acceptors (Lipinski definition) is 0. The molecule has 0 aromatic heterocycles. The number of allylic oxidation sites excluding steroid dienone is 2. The van der Waals surface area contributed by atoms with Crippen LogP contribution in [0.1, 0.15) is 25.7 Å². The molecule has 10 heavy (non-hydrogen) atoms. The predicted octanol–water partition coefficient (Wildman–Crippen LogP) is 2.61. The third-order valence-electron chi connectivity index (χ3n) is 3.68. The van der Waals surface area contributed by atoms with Gasteiger partial charge in [0.05, 0.1) is 0 Å². The quantitative estimate of drug-likeness (QED) is 0.447. The van der Waals surface area contributed by atoms with Gasteiger partial charge in [0, 0.05) is 0 Å². The van der Waals surface area contributed by atoms with Crippen molar-refractivity contribution in [2.24, 2.45) is 23.7 Å².